The number of hydrogen-bond acceptors (Lipinski definition) is 3. The van der Waals surface area contributed by atoms with Crippen LogP contribution >= 0.6 is 0 Å². The monoisotopic (exact) mass is 394 g/mol. The quantitative estimate of drug-likeness (QED) is 0.788. The highest BCUT2D eigenvalue weighted by Gasteiger charge is 2.51. The minimum atomic E-state index is -4.58. The molecule has 1 N–H and O–H groups in total. The van der Waals surface area contributed by atoms with E-state index in [2.05, 4.69) is 5.43 Å². The molecule has 2 aromatic rings. The molecule has 1 amide bonds. The lowest BCUT2D eigenvalue weighted by Gasteiger charge is -2.31. The molecule has 28 heavy (non-hydrogen) atoms. The van der Waals surface area contributed by atoms with Gasteiger partial charge in [-0.2, -0.15) is 13.2 Å². The van der Waals surface area contributed by atoms with Crippen molar-refractivity contribution in [1.82, 2.24) is 10.4 Å². The van der Waals surface area contributed by atoms with Gasteiger partial charge in [0.05, 0.1) is 12.0 Å². The predicted molar refractivity (Wildman–Crippen MR) is 102 cm³/mol. The van der Waals surface area contributed by atoms with Crippen LogP contribution in [0.1, 0.15) is 39.3 Å². The van der Waals surface area contributed by atoms with E-state index in [0.29, 0.717) is 23.1 Å². The third-order valence-electron chi connectivity index (χ3n) is 4.81. The number of hydrazine groups is 1. The van der Waals surface area contributed by atoms with Gasteiger partial charge in [0.2, 0.25) is 5.91 Å². The van der Waals surface area contributed by atoms with Crippen molar-refractivity contribution >= 4 is 16.7 Å². The van der Waals surface area contributed by atoms with Crippen LogP contribution in [0.5, 0.6) is 5.75 Å². The molecule has 0 unspecified atom stereocenters. The van der Waals surface area contributed by atoms with Crippen molar-refractivity contribution in [3.05, 3.63) is 42.0 Å². The zero-order chi connectivity index (χ0) is 20.7. The van der Waals surface area contributed by atoms with E-state index in [1.807, 2.05) is 13.8 Å². The third-order valence-corrected chi connectivity index (χ3v) is 4.81. The molecular weight excluding hydrogens is 369 g/mol. The Balaban J connectivity index is 2.14. The highest BCUT2D eigenvalue weighted by Crippen LogP contribution is 2.44. The van der Waals surface area contributed by atoms with Crippen molar-refractivity contribution in [3.8, 4) is 5.75 Å². The summed E-state index contributed by atoms with van der Waals surface area (Å²) >= 11 is 0. The summed E-state index contributed by atoms with van der Waals surface area (Å²) in [4.78, 5) is 12.1. The summed E-state index contributed by atoms with van der Waals surface area (Å²) in [5.41, 5.74) is 1.59. The number of alkyl halides is 3. The first-order chi connectivity index (χ1) is 13.0. The summed E-state index contributed by atoms with van der Waals surface area (Å²) in [5.74, 6) is 0.235. The number of nitrogens with zero attached hydrogens (tertiary/aromatic N) is 1. The van der Waals surface area contributed by atoms with Gasteiger partial charge in [0.15, 0.2) is 6.04 Å². The van der Waals surface area contributed by atoms with Gasteiger partial charge in [0, 0.05) is 11.9 Å². The van der Waals surface area contributed by atoms with Crippen LogP contribution in [0.2, 0.25) is 0 Å². The molecule has 0 spiro atoms. The number of nitrogens with one attached hydrogen (secondary N) is 1. The Morgan fingerprint density at radius 3 is 2.36 bits per heavy atom. The van der Waals surface area contributed by atoms with E-state index in [1.54, 1.807) is 44.2 Å². The molecule has 1 saturated heterocycles. The van der Waals surface area contributed by atoms with E-state index >= 15 is 0 Å². The lowest BCUT2D eigenvalue weighted by atomic mass is 9.93. The van der Waals surface area contributed by atoms with E-state index in [9.17, 15) is 18.0 Å². The SMILES string of the molecule is CC(C)COc1cccc2cccc([C@H](N3CC(C)(C)C(=O)N3)C(F)(F)F)c12. The molecule has 2 aromatic carbocycles. The molecule has 1 atom stereocenters. The van der Waals surface area contributed by atoms with Gasteiger partial charge in [-0.3, -0.25) is 10.2 Å². The topological polar surface area (TPSA) is 41.6 Å². The molecule has 1 fully saturated rings. The van der Waals surface area contributed by atoms with Crippen molar-refractivity contribution in [2.45, 2.75) is 39.9 Å². The van der Waals surface area contributed by atoms with Gasteiger partial charge in [0.1, 0.15) is 5.75 Å². The highest BCUT2D eigenvalue weighted by molar-refractivity contribution is 5.92. The fourth-order valence-corrected chi connectivity index (χ4v) is 3.43. The first kappa shape index (κ1) is 20.5. The Bertz CT molecular complexity index is 872. The second kappa shape index (κ2) is 7.28. The Labute approximate surface area is 162 Å². The predicted octanol–water partition coefficient (Wildman–Crippen LogP) is 4.85. The fraction of sp³-hybridized carbons (Fsp3) is 0.476. The second-order valence-electron chi connectivity index (χ2n) is 8.30. The first-order valence-electron chi connectivity index (χ1n) is 9.29. The van der Waals surface area contributed by atoms with Crippen LogP contribution in [-0.2, 0) is 4.79 Å². The summed E-state index contributed by atoms with van der Waals surface area (Å²) in [7, 11) is 0. The first-order valence-corrected chi connectivity index (χ1v) is 9.29. The van der Waals surface area contributed by atoms with Gasteiger partial charge < -0.3 is 4.74 Å². The van der Waals surface area contributed by atoms with E-state index < -0.39 is 23.5 Å². The number of hydrogen-bond donors (Lipinski definition) is 1. The smallest absolute Gasteiger partial charge is 0.409 e. The normalized spacial score (nSPS) is 18.5. The van der Waals surface area contributed by atoms with Crippen LogP contribution in [0, 0.1) is 11.3 Å². The van der Waals surface area contributed by atoms with Crippen LogP contribution in [0.3, 0.4) is 0 Å². The fourth-order valence-electron chi connectivity index (χ4n) is 3.43. The zero-order valence-electron chi connectivity index (χ0n) is 16.4. The maximum absolute atomic E-state index is 14.2. The zero-order valence-corrected chi connectivity index (χ0v) is 16.4. The van der Waals surface area contributed by atoms with Gasteiger partial charge in [-0.1, -0.05) is 44.2 Å². The minimum Gasteiger partial charge on any atom is -0.493 e. The van der Waals surface area contributed by atoms with E-state index in [1.165, 1.54) is 6.07 Å². The van der Waals surface area contributed by atoms with Crippen LogP contribution in [0.4, 0.5) is 13.2 Å². The summed E-state index contributed by atoms with van der Waals surface area (Å²) in [6.07, 6.45) is -4.58. The van der Waals surface area contributed by atoms with Crippen molar-refractivity contribution in [1.29, 1.82) is 0 Å². The molecule has 0 aromatic heterocycles. The van der Waals surface area contributed by atoms with Crippen molar-refractivity contribution in [3.63, 3.8) is 0 Å². The molecule has 152 valence electrons. The van der Waals surface area contributed by atoms with Crippen molar-refractivity contribution < 1.29 is 22.7 Å². The minimum absolute atomic E-state index is 0.0403. The number of rotatable bonds is 5. The standard InChI is InChI=1S/C21H25F3N2O2/c1-13(2)11-28-16-10-6-8-14-7-5-9-15(17(14)16)18(21(22,23)24)26-12-20(3,4)19(27)25-26/h5-10,13,18H,11-12H2,1-4H3,(H,25,27)/t18-/m0/s1. The number of carbonyl (C=O) groups is 1. The van der Waals surface area contributed by atoms with E-state index in [0.717, 1.165) is 5.01 Å². The lowest BCUT2D eigenvalue weighted by molar-refractivity contribution is -0.191. The second-order valence-corrected chi connectivity index (χ2v) is 8.30. The molecule has 7 heteroatoms. The Kier molecular flexibility index (Phi) is 5.32. The van der Waals surface area contributed by atoms with Gasteiger partial charge in [-0.25, -0.2) is 5.01 Å². The molecule has 3 rings (SSSR count). The maximum Gasteiger partial charge on any atom is 0.409 e. The molecule has 0 bridgehead atoms. The lowest BCUT2D eigenvalue weighted by Crippen LogP contribution is -2.43. The molecule has 1 aliphatic heterocycles. The number of amides is 1. The average Bonchev–Trinajstić information content (AvgIpc) is 2.84. The number of benzene rings is 2. The maximum atomic E-state index is 14.2. The molecule has 0 radical (unpaired) electrons. The summed E-state index contributed by atoms with van der Waals surface area (Å²) in [6.45, 7) is 7.59. The molecule has 0 saturated carbocycles. The van der Waals surface area contributed by atoms with Gasteiger partial charge >= 0.3 is 6.18 Å². The Morgan fingerprint density at radius 2 is 1.82 bits per heavy atom. The van der Waals surface area contributed by atoms with Crippen LogP contribution < -0.4 is 10.2 Å². The van der Waals surface area contributed by atoms with Crippen LogP contribution in [0.15, 0.2) is 36.4 Å². The van der Waals surface area contributed by atoms with Crippen LogP contribution in [-0.4, -0.2) is 30.2 Å². The Hall–Kier alpha value is -2.28. The van der Waals surface area contributed by atoms with Gasteiger partial charge in [-0.05, 0) is 36.8 Å². The van der Waals surface area contributed by atoms with Gasteiger partial charge in [0.25, 0.3) is 0 Å². The third kappa shape index (κ3) is 3.94. The Morgan fingerprint density at radius 1 is 1.18 bits per heavy atom. The number of carbonyl (C=O) groups excluding carboxylic acids is 1. The molecule has 1 heterocycles. The number of ether oxygens (including phenoxy) is 1. The number of halogens is 3. The molecule has 0 aliphatic carbocycles. The molecule has 1 aliphatic rings. The number of fused-ring (bicyclic) bond motifs is 1. The summed E-state index contributed by atoms with van der Waals surface area (Å²) < 4.78 is 48.4. The van der Waals surface area contributed by atoms with Crippen molar-refractivity contribution in [2.75, 3.05) is 13.2 Å². The van der Waals surface area contributed by atoms with Crippen molar-refractivity contribution in [2.24, 2.45) is 11.3 Å². The van der Waals surface area contributed by atoms with E-state index in [4.69, 9.17) is 4.74 Å². The largest absolute Gasteiger partial charge is 0.493 e. The summed E-state index contributed by atoms with van der Waals surface area (Å²) in [6, 6.07) is 8.08. The molecular formula is C21H25F3N2O2. The summed E-state index contributed by atoms with van der Waals surface area (Å²) in [5, 5.41) is 2.08. The van der Waals surface area contributed by atoms with E-state index in [-0.39, 0.29) is 18.0 Å². The highest BCUT2D eigenvalue weighted by atomic mass is 19.4. The van der Waals surface area contributed by atoms with Crippen LogP contribution in [0.25, 0.3) is 10.8 Å². The van der Waals surface area contributed by atoms with Gasteiger partial charge in [-0.15, -0.1) is 0 Å². The average molecular weight is 394 g/mol. The molecule has 4 nitrogen and oxygen atoms in total.